The molecule has 0 heterocycles. The number of phenolic OH excluding ortho intramolecular Hbond substituents is 2. The summed E-state index contributed by atoms with van der Waals surface area (Å²) in [6.45, 7) is 16.3. The summed E-state index contributed by atoms with van der Waals surface area (Å²) in [5.74, 6) is 0.948. The number of methoxy groups -OCH3 is 2. The number of hydrogen-bond acceptors (Lipinski definition) is 4. The summed E-state index contributed by atoms with van der Waals surface area (Å²) in [5, 5.41) is 22.3. The van der Waals surface area contributed by atoms with Crippen molar-refractivity contribution in [2.24, 2.45) is 0 Å². The number of aryl methyl sites for hydroxylation is 2. The summed E-state index contributed by atoms with van der Waals surface area (Å²) in [4.78, 5) is 0. The third-order valence-electron chi connectivity index (χ3n) is 5.18. The normalized spacial score (nSPS) is 12.2. The number of aromatic hydroxyl groups is 2. The van der Waals surface area contributed by atoms with Gasteiger partial charge < -0.3 is 19.7 Å². The molecular weight excluding hydrogens is 352 g/mol. The number of rotatable bonds is 3. The van der Waals surface area contributed by atoms with Gasteiger partial charge in [-0.1, -0.05) is 53.7 Å². The third kappa shape index (κ3) is 3.65. The maximum absolute atomic E-state index is 11.1. The highest BCUT2D eigenvalue weighted by Gasteiger charge is 2.30. The van der Waals surface area contributed by atoms with E-state index in [1.807, 2.05) is 26.0 Å². The summed E-state index contributed by atoms with van der Waals surface area (Å²) in [6, 6.07) is 4.05. The second-order valence-electron chi connectivity index (χ2n) is 9.50. The van der Waals surface area contributed by atoms with Gasteiger partial charge in [0.25, 0.3) is 0 Å². The Balaban J connectivity index is 2.94. The Bertz CT molecular complexity index is 821. The average molecular weight is 387 g/mol. The lowest BCUT2D eigenvalue weighted by molar-refractivity contribution is 0.357. The molecule has 0 aromatic heterocycles. The minimum absolute atomic E-state index is 0.0383. The van der Waals surface area contributed by atoms with Crippen molar-refractivity contribution >= 4 is 0 Å². The second-order valence-corrected chi connectivity index (χ2v) is 9.50. The zero-order chi connectivity index (χ0) is 21.6. The van der Waals surface area contributed by atoms with Crippen molar-refractivity contribution in [1.82, 2.24) is 0 Å². The fourth-order valence-corrected chi connectivity index (χ4v) is 3.72. The van der Waals surface area contributed by atoms with Gasteiger partial charge in [0, 0.05) is 22.3 Å². The maximum atomic E-state index is 11.1. The van der Waals surface area contributed by atoms with Crippen LogP contribution in [-0.4, -0.2) is 24.4 Å². The predicted molar refractivity (Wildman–Crippen MR) is 115 cm³/mol. The van der Waals surface area contributed by atoms with Gasteiger partial charge in [-0.25, -0.2) is 0 Å². The molecule has 2 rings (SSSR count). The van der Waals surface area contributed by atoms with Crippen LogP contribution in [0, 0.1) is 13.8 Å². The van der Waals surface area contributed by atoms with Crippen LogP contribution < -0.4 is 9.47 Å². The first kappa shape index (κ1) is 21.9. The lowest BCUT2D eigenvalue weighted by Gasteiger charge is -2.28. The Kier molecular flexibility index (Phi) is 5.66. The Morgan fingerprint density at radius 1 is 0.643 bits per heavy atom. The summed E-state index contributed by atoms with van der Waals surface area (Å²) in [5.41, 5.74) is 4.32. The van der Waals surface area contributed by atoms with Crippen molar-refractivity contribution < 1.29 is 19.7 Å². The van der Waals surface area contributed by atoms with Crippen molar-refractivity contribution in [2.45, 2.75) is 66.2 Å². The fourth-order valence-electron chi connectivity index (χ4n) is 3.72. The number of hydrogen-bond donors (Lipinski definition) is 2. The standard InChI is InChI=1S/C24H34O4/c1-13-11-15(23(3,4)5)21(27-9)19(25)17(13)18-14(2)12-16(24(6,7)8)22(28-10)20(18)26/h11-12,25-26H,1-10H3. The third-order valence-corrected chi connectivity index (χ3v) is 5.18. The molecule has 0 radical (unpaired) electrons. The molecule has 0 bridgehead atoms. The van der Waals surface area contributed by atoms with E-state index in [0.29, 0.717) is 22.6 Å². The summed E-state index contributed by atoms with van der Waals surface area (Å²) < 4.78 is 11.1. The van der Waals surface area contributed by atoms with Gasteiger partial charge in [-0.3, -0.25) is 0 Å². The van der Waals surface area contributed by atoms with Gasteiger partial charge in [0.2, 0.25) is 0 Å². The molecule has 4 heteroatoms. The molecule has 4 nitrogen and oxygen atoms in total. The molecule has 0 spiro atoms. The molecule has 0 saturated carbocycles. The van der Waals surface area contributed by atoms with Crippen molar-refractivity contribution in [3.63, 3.8) is 0 Å². The highest BCUT2D eigenvalue weighted by atomic mass is 16.5. The SMILES string of the molecule is COc1c(C(C)(C)C)cc(C)c(-c2c(C)cc(C(C)(C)C)c(OC)c2O)c1O. The monoisotopic (exact) mass is 386 g/mol. The molecule has 0 amide bonds. The lowest BCUT2D eigenvalue weighted by atomic mass is 9.80. The summed E-state index contributed by atoms with van der Waals surface area (Å²) >= 11 is 0. The Morgan fingerprint density at radius 2 is 0.929 bits per heavy atom. The van der Waals surface area contributed by atoms with Gasteiger partial charge in [0.05, 0.1) is 14.2 Å². The molecule has 0 atom stereocenters. The van der Waals surface area contributed by atoms with Crippen LogP contribution in [0.4, 0.5) is 0 Å². The topological polar surface area (TPSA) is 58.9 Å². The van der Waals surface area contributed by atoms with Crippen LogP contribution >= 0.6 is 0 Å². The molecule has 0 unspecified atom stereocenters. The van der Waals surface area contributed by atoms with Gasteiger partial charge in [-0.05, 0) is 35.8 Å². The van der Waals surface area contributed by atoms with Gasteiger partial charge in [0.15, 0.2) is 23.0 Å². The number of benzene rings is 2. The van der Waals surface area contributed by atoms with Gasteiger partial charge in [-0.15, -0.1) is 0 Å². The minimum atomic E-state index is -0.197. The van der Waals surface area contributed by atoms with E-state index < -0.39 is 0 Å². The van der Waals surface area contributed by atoms with Gasteiger partial charge in [0.1, 0.15) is 0 Å². The fraction of sp³-hybridized carbons (Fsp3) is 0.500. The Hall–Kier alpha value is -2.36. The highest BCUT2D eigenvalue weighted by Crippen LogP contribution is 2.52. The first-order valence-electron chi connectivity index (χ1n) is 9.58. The smallest absolute Gasteiger partial charge is 0.166 e. The lowest BCUT2D eigenvalue weighted by Crippen LogP contribution is -2.15. The van der Waals surface area contributed by atoms with E-state index in [0.717, 1.165) is 22.3 Å². The van der Waals surface area contributed by atoms with Crippen molar-refractivity contribution in [1.29, 1.82) is 0 Å². The molecule has 2 aromatic carbocycles. The zero-order valence-electron chi connectivity index (χ0n) is 18.9. The quantitative estimate of drug-likeness (QED) is 0.680. The van der Waals surface area contributed by atoms with Gasteiger partial charge in [-0.2, -0.15) is 0 Å². The minimum Gasteiger partial charge on any atom is -0.504 e. The molecule has 0 aliphatic heterocycles. The second kappa shape index (κ2) is 7.23. The molecule has 2 N–H and O–H groups in total. The molecule has 154 valence electrons. The Labute approximate surface area is 169 Å². The van der Waals surface area contributed by atoms with Crippen LogP contribution in [0.3, 0.4) is 0 Å². The molecule has 28 heavy (non-hydrogen) atoms. The maximum Gasteiger partial charge on any atom is 0.166 e. The first-order valence-corrected chi connectivity index (χ1v) is 9.58. The molecule has 2 aromatic rings. The molecule has 0 saturated heterocycles. The van der Waals surface area contributed by atoms with E-state index in [2.05, 4.69) is 41.5 Å². The van der Waals surface area contributed by atoms with Crippen LogP contribution in [0.5, 0.6) is 23.0 Å². The van der Waals surface area contributed by atoms with E-state index in [4.69, 9.17) is 9.47 Å². The first-order chi connectivity index (χ1) is 12.8. The van der Waals surface area contributed by atoms with Crippen LogP contribution in [0.15, 0.2) is 12.1 Å². The van der Waals surface area contributed by atoms with Crippen LogP contribution in [0.1, 0.15) is 63.8 Å². The van der Waals surface area contributed by atoms with E-state index in [9.17, 15) is 10.2 Å². The van der Waals surface area contributed by atoms with E-state index in [-0.39, 0.29) is 22.3 Å². The van der Waals surface area contributed by atoms with E-state index in [1.54, 1.807) is 14.2 Å². The molecule has 0 aliphatic carbocycles. The number of ether oxygens (including phenoxy) is 2. The van der Waals surface area contributed by atoms with Crippen molar-refractivity contribution in [2.75, 3.05) is 14.2 Å². The van der Waals surface area contributed by atoms with E-state index >= 15 is 0 Å². The van der Waals surface area contributed by atoms with Crippen molar-refractivity contribution in [3.8, 4) is 34.1 Å². The average Bonchev–Trinajstić information content (AvgIpc) is 2.55. The Morgan fingerprint density at radius 3 is 1.14 bits per heavy atom. The zero-order valence-corrected chi connectivity index (χ0v) is 18.9. The van der Waals surface area contributed by atoms with E-state index in [1.165, 1.54) is 0 Å². The molecule has 0 aliphatic rings. The van der Waals surface area contributed by atoms with Crippen LogP contribution in [-0.2, 0) is 10.8 Å². The number of phenols is 2. The van der Waals surface area contributed by atoms with Crippen molar-refractivity contribution in [3.05, 3.63) is 34.4 Å². The molecular formula is C24H34O4. The van der Waals surface area contributed by atoms with Gasteiger partial charge >= 0.3 is 0 Å². The largest absolute Gasteiger partial charge is 0.504 e. The molecule has 0 fully saturated rings. The van der Waals surface area contributed by atoms with Crippen LogP contribution in [0.25, 0.3) is 11.1 Å². The predicted octanol–water partition coefficient (Wildman–Crippen LogP) is 5.99. The highest BCUT2D eigenvalue weighted by molar-refractivity contribution is 5.86. The van der Waals surface area contributed by atoms with Crippen LogP contribution in [0.2, 0.25) is 0 Å². The summed E-state index contributed by atoms with van der Waals surface area (Å²) in [6.07, 6.45) is 0. The summed E-state index contributed by atoms with van der Waals surface area (Å²) in [7, 11) is 3.11.